The van der Waals surface area contributed by atoms with Crippen LogP contribution in [-0.2, 0) is 18.4 Å². The third-order valence-electron chi connectivity index (χ3n) is 3.79. The highest BCUT2D eigenvalue weighted by molar-refractivity contribution is 14.0. The molecular formula is C17H31ClIN5O. The van der Waals surface area contributed by atoms with Gasteiger partial charge in [0.25, 0.3) is 0 Å². The number of hydrogen-bond donors (Lipinski definition) is 2. The molecule has 8 heteroatoms. The minimum absolute atomic E-state index is 0. The molecule has 1 heterocycles. The van der Waals surface area contributed by atoms with Crippen molar-refractivity contribution in [1.82, 2.24) is 20.1 Å². The van der Waals surface area contributed by atoms with Gasteiger partial charge in [0.2, 0.25) is 5.91 Å². The fourth-order valence-corrected chi connectivity index (χ4v) is 2.50. The summed E-state index contributed by atoms with van der Waals surface area (Å²) >= 11 is 6.03. The highest BCUT2D eigenvalue weighted by atomic mass is 127. The summed E-state index contributed by atoms with van der Waals surface area (Å²) in [6.45, 7) is 8.01. The molecule has 0 saturated heterocycles. The van der Waals surface area contributed by atoms with E-state index < -0.39 is 0 Å². The molecule has 1 unspecified atom stereocenters. The number of guanidine groups is 1. The van der Waals surface area contributed by atoms with Crippen molar-refractivity contribution >= 4 is 47.4 Å². The quantitative estimate of drug-likeness (QED) is 0.339. The van der Waals surface area contributed by atoms with E-state index in [4.69, 9.17) is 11.6 Å². The van der Waals surface area contributed by atoms with Gasteiger partial charge >= 0.3 is 0 Å². The second-order valence-corrected chi connectivity index (χ2v) is 6.42. The average molecular weight is 484 g/mol. The van der Waals surface area contributed by atoms with Crippen LogP contribution >= 0.6 is 35.6 Å². The van der Waals surface area contributed by atoms with Crippen LogP contribution in [0.4, 0.5) is 0 Å². The van der Waals surface area contributed by atoms with E-state index in [9.17, 15) is 4.79 Å². The van der Waals surface area contributed by atoms with E-state index >= 15 is 0 Å². The third kappa shape index (κ3) is 8.80. The lowest BCUT2D eigenvalue weighted by atomic mass is 10.2. The Kier molecular flexibility index (Phi) is 11.9. The number of amides is 1. The third-order valence-corrected chi connectivity index (χ3v) is 4.00. The van der Waals surface area contributed by atoms with Crippen LogP contribution in [0.5, 0.6) is 0 Å². The number of aliphatic imine (C=N–C) groups is 1. The number of carbonyl (C=O) groups excluding carboxylic acids is 1. The SMILES string of the molecule is CCNC(=NCCC(=O)NC(C)CC)N(C)Cc1cc(Cl)cn1C.I. The molecule has 0 aliphatic carbocycles. The van der Waals surface area contributed by atoms with Crippen LogP contribution in [0.1, 0.15) is 39.3 Å². The fourth-order valence-electron chi connectivity index (χ4n) is 2.22. The standard InChI is InChI=1S/C17H30ClN5O.HI/c1-6-13(3)21-16(24)8-9-20-17(19-7-2)23(5)12-15-10-14(18)11-22(15)4;/h10-11,13H,6-9,12H2,1-5H3,(H,19,20)(H,21,24);1H. The average Bonchev–Trinajstić information content (AvgIpc) is 2.83. The number of nitrogens with one attached hydrogen (secondary N) is 2. The summed E-state index contributed by atoms with van der Waals surface area (Å²) in [5.41, 5.74) is 1.10. The highest BCUT2D eigenvalue weighted by Gasteiger charge is 2.10. The van der Waals surface area contributed by atoms with Gasteiger partial charge in [0.05, 0.1) is 18.1 Å². The van der Waals surface area contributed by atoms with Crippen LogP contribution in [0.2, 0.25) is 5.02 Å². The predicted octanol–water partition coefficient (Wildman–Crippen LogP) is 3.00. The van der Waals surface area contributed by atoms with Gasteiger partial charge in [0.15, 0.2) is 5.96 Å². The molecule has 1 atom stereocenters. The van der Waals surface area contributed by atoms with Crippen molar-refractivity contribution in [2.24, 2.45) is 12.0 Å². The van der Waals surface area contributed by atoms with Gasteiger partial charge in [-0.25, -0.2) is 0 Å². The first-order chi connectivity index (χ1) is 11.4. The van der Waals surface area contributed by atoms with E-state index in [0.29, 0.717) is 19.5 Å². The minimum atomic E-state index is 0. The van der Waals surface area contributed by atoms with Crippen molar-refractivity contribution in [2.45, 2.75) is 46.2 Å². The molecule has 0 fully saturated rings. The summed E-state index contributed by atoms with van der Waals surface area (Å²) < 4.78 is 2.00. The summed E-state index contributed by atoms with van der Waals surface area (Å²) in [5.74, 6) is 0.826. The lowest BCUT2D eigenvalue weighted by molar-refractivity contribution is -0.121. The zero-order valence-corrected chi connectivity index (χ0v) is 18.9. The van der Waals surface area contributed by atoms with Gasteiger partial charge in [-0.3, -0.25) is 9.79 Å². The maximum atomic E-state index is 11.8. The molecule has 0 saturated carbocycles. The van der Waals surface area contributed by atoms with Gasteiger partial charge in [-0.2, -0.15) is 0 Å². The van der Waals surface area contributed by atoms with E-state index in [-0.39, 0.29) is 35.9 Å². The van der Waals surface area contributed by atoms with Crippen LogP contribution in [0.25, 0.3) is 0 Å². The number of nitrogens with zero attached hydrogens (tertiary/aromatic N) is 3. The largest absolute Gasteiger partial charge is 0.357 e. The predicted molar refractivity (Wildman–Crippen MR) is 116 cm³/mol. The molecular weight excluding hydrogens is 453 g/mol. The fraction of sp³-hybridized carbons (Fsp3) is 0.647. The Bertz CT molecular complexity index is 561. The molecule has 0 aliphatic heterocycles. The monoisotopic (exact) mass is 483 g/mol. The maximum Gasteiger partial charge on any atom is 0.222 e. The van der Waals surface area contributed by atoms with E-state index in [1.165, 1.54) is 0 Å². The van der Waals surface area contributed by atoms with Gasteiger partial charge in [0, 0.05) is 45.0 Å². The molecule has 6 nitrogen and oxygen atoms in total. The Hall–Kier alpha value is -0.960. The molecule has 1 aromatic heterocycles. The van der Waals surface area contributed by atoms with Crippen molar-refractivity contribution in [3.8, 4) is 0 Å². The molecule has 0 aliphatic rings. The van der Waals surface area contributed by atoms with E-state index in [1.54, 1.807) is 0 Å². The van der Waals surface area contributed by atoms with Crippen molar-refractivity contribution in [3.63, 3.8) is 0 Å². The first-order valence-electron chi connectivity index (χ1n) is 8.46. The van der Waals surface area contributed by atoms with Gasteiger partial charge in [-0.15, -0.1) is 24.0 Å². The molecule has 25 heavy (non-hydrogen) atoms. The molecule has 0 bridgehead atoms. The van der Waals surface area contributed by atoms with Crippen molar-refractivity contribution in [1.29, 1.82) is 0 Å². The lowest BCUT2D eigenvalue weighted by Gasteiger charge is -2.22. The molecule has 144 valence electrons. The molecule has 0 radical (unpaired) electrons. The van der Waals surface area contributed by atoms with Crippen molar-refractivity contribution in [3.05, 3.63) is 23.0 Å². The first kappa shape index (κ1) is 24.0. The molecule has 1 aromatic rings. The zero-order valence-electron chi connectivity index (χ0n) is 15.8. The molecule has 1 amide bonds. The maximum absolute atomic E-state index is 11.8. The Balaban J connectivity index is 0.00000576. The van der Waals surface area contributed by atoms with Crippen molar-refractivity contribution < 1.29 is 4.79 Å². The normalized spacial score (nSPS) is 12.3. The van der Waals surface area contributed by atoms with E-state index in [0.717, 1.165) is 29.6 Å². The van der Waals surface area contributed by atoms with E-state index in [1.807, 2.05) is 49.7 Å². The summed E-state index contributed by atoms with van der Waals surface area (Å²) in [6.07, 6.45) is 3.21. The Morgan fingerprint density at radius 1 is 1.44 bits per heavy atom. The highest BCUT2D eigenvalue weighted by Crippen LogP contribution is 2.14. The topological polar surface area (TPSA) is 61.7 Å². The van der Waals surface area contributed by atoms with Crippen LogP contribution < -0.4 is 10.6 Å². The van der Waals surface area contributed by atoms with Crippen LogP contribution in [0.15, 0.2) is 17.3 Å². The Labute approximate surface area is 173 Å². The number of carbonyl (C=O) groups is 1. The number of hydrogen-bond acceptors (Lipinski definition) is 2. The van der Waals surface area contributed by atoms with Crippen LogP contribution in [0, 0.1) is 0 Å². The number of aromatic nitrogens is 1. The smallest absolute Gasteiger partial charge is 0.222 e. The zero-order chi connectivity index (χ0) is 18.1. The van der Waals surface area contributed by atoms with Gasteiger partial charge in [0.1, 0.15) is 0 Å². The Morgan fingerprint density at radius 2 is 2.12 bits per heavy atom. The molecule has 1 rings (SSSR count). The van der Waals surface area contributed by atoms with Gasteiger partial charge in [-0.05, 0) is 26.3 Å². The number of aryl methyl sites for hydroxylation is 1. The molecule has 2 N–H and O–H groups in total. The minimum Gasteiger partial charge on any atom is -0.357 e. The summed E-state index contributed by atoms with van der Waals surface area (Å²) in [4.78, 5) is 18.4. The number of halogens is 2. The Morgan fingerprint density at radius 3 is 2.64 bits per heavy atom. The first-order valence-corrected chi connectivity index (χ1v) is 8.84. The van der Waals surface area contributed by atoms with E-state index in [2.05, 4.69) is 22.5 Å². The lowest BCUT2D eigenvalue weighted by Crippen LogP contribution is -2.39. The summed E-state index contributed by atoms with van der Waals surface area (Å²) in [7, 11) is 3.94. The van der Waals surface area contributed by atoms with Crippen LogP contribution in [0.3, 0.4) is 0 Å². The summed E-state index contributed by atoms with van der Waals surface area (Å²) in [6, 6.07) is 2.15. The molecule has 0 spiro atoms. The van der Waals surface area contributed by atoms with Crippen LogP contribution in [-0.4, -0.2) is 47.5 Å². The van der Waals surface area contributed by atoms with Gasteiger partial charge < -0.3 is 20.1 Å². The number of rotatable bonds is 8. The summed E-state index contributed by atoms with van der Waals surface area (Å²) in [5, 5.41) is 6.94. The second-order valence-electron chi connectivity index (χ2n) is 5.98. The van der Waals surface area contributed by atoms with Gasteiger partial charge in [-0.1, -0.05) is 18.5 Å². The van der Waals surface area contributed by atoms with Crippen molar-refractivity contribution in [2.75, 3.05) is 20.1 Å². The second kappa shape index (κ2) is 12.4. The molecule has 0 aromatic carbocycles.